The number of ether oxygens (including phenoxy) is 1. The summed E-state index contributed by atoms with van der Waals surface area (Å²) >= 11 is 0. The molecule has 2 heterocycles. The molecule has 0 saturated carbocycles. The molecule has 7 nitrogen and oxygen atoms in total. The summed E-state index contributed by atoms with van der Waals surface area (Å²) in [5.74, 6) is -0.00545. The predicted octanol–water partition coefficient (Wildman–Crippen LogP) is 3.28. The van der Waals surface area contributed by atoms with Gasteiger partial charge < -0.3 is 10.1 Å². The van der Waals surface area contributed by atoms with Crippen LogP contribution in [0, 0.1) is 5.92 Å². The van der Waals surface area contributed by atoms with Gasteiger partial charge in [-0.25, -0.2) is 8.42 Å². The Morgan fingerprint density at radius 1 is 1.13 bits per heavy atom. The van der Waals surface area contributed by atoms with E-state index in [2.05, 4.69) is 10.3 Å². The molecule has 156 valence electrons. The molecule has 1 aromatic heterocycles. The number of hydrogen-bond donors (Lipinski definition) is 1. The maximum atomic E-state index is 13.0. The highest BCUT2D eigenvalue weighted by atomic mass is 32.2. The summed E-state index contributed by atoms with van der Waals surface area (Å²) in [7, 11) is -2.14. The van der Waals surface area contributed by atoms with Gasteiger partial charge in [0.25, 0.3) is 0 Å². The number of carbonyl (C=O) groups excluding carboxylic acids is 1. The number of fused-ring (bicyclic) bond motifs is 1. The smallest absolute Gasteiger partial charge is 0.243 e. The van der Waals surface area contributed by atoms with E-state index in [1.54, 1.807) is 18.3 Å². The topological polar surface area (TPSA) is 88.6 Å². The summed E-state index contributed by atoms with van der Waals surface area (Å²) in [5.41, 5.74) is 1.48. The zero-order valence-corrected chi connectivity index (χ0v) is 17.4. The fourth-order valence-electron chi connectivity index (χ4n) is 3.72. The van der Waals surface area contributed by atoms with Crippen molar-refractivity contribution in [3.63, 3.8) is 0 Å². The van der Waals surface area contributed by atoms with E-state index in [4.69, 9.17) is 4.74 Å². The van der Waals surface area contributed by atoms with E-state index in [-0.39, 0.29) is 17.3 Å². The predicted molar refractivity (Wildman–Crippen MR) is 115 cm³/mol. The molecule has 0 radical (unpaired) electrons. The van der Waals surface area contributed by atoms with Crippen LogP contribution in [0.3, 0.4) is 0 Å². The molecule has 1 aliphatic rings. The van der Waals surface area contributed by atoms with E-state index in [0.29, 0.717) is 30.8 Å². The first-order valence-electron chi connectivity index (χ1n) is 9.78. The van der Waals surface area contributed by atoms with Crippen LogP contribution in [0.2, 0.25) is 0 Å². The molecule has 1 amide bonds. The van der Waals surface area contributed by atoms with E-state index < -0.39 is 15.9 Å². The Kier molecular flexibility index (Phi) is 5.69. The summed E-state index contributed by atoms with van der Waals surface area (Å²) < 4.78 is 32.6. The quantitative estimate of drug-likeness (QED) is 0.678. The van der Waals surface area contributed by atoms with Crippen molar-refractivity contribution in [2.24, 2.45) is 5.92 Å². The summed E-state index contributed by atoms with van der Waals surface area (Å²) in [6.07, 6.45) is 2.98. The number of nitrogens with one attached hydrogen (secondary N) is 1. The number of methoxy groups -OCH3 is 1. The SMILES string of the molecule is COc1ccc(S(=O)(=O)N2CCCC(C(=O)Nc3cccc4ncccc34)C2)cc1. The minimum absolute atomic E-state index is 0.156. The van der Waals surface area contributed by atoms with Gasteiger partial charge in [0.1, 0.15) is 5.75 Å². The third-order valence-corrected chi connectivity index (χ3v) is 7.24. The number of hydrogen-bond acceptors (Lipinski definition) is 5. The van der Waals surface area contributed by atoms with Crippen molar-refractivity contribution in [2.75, 3.05) is 25.5 Å². The lowest BCUT2D eigenvalue weighted by Gasteiger charge is -2.31. The van der Waals surface area contributed by atoms with Crippen LogP contribution in [0.4, 0.5) is 5.69 Å². The van der Waals surface area contributed by atoms with Gasteiger partial charge in [-0.2, -0.15) is 4.31 Å². The second-order valence-electron chi connectivity index (χ2n) is 7.24. The van der Waals surface area contributed by atoms with Crippen molar-refractivity contribution >= 4 is 32.5 Å². The standard InChI is InChI=1S/C22H23N3O4S/c1-29-17-9-11-18(12-10-17)30(27,28)25-14-4-5-16(15-25)22(26)24-21-8-2-7-20-19(21)6-3-13-23-20/h2-3,6-13,16H,4-5,14-15H2,1H3,(H,24,26). The van der Waals surface area contributed by atoms with Gasteiger partial charge in [0, 0.05) is 24.7 Å². The molecule has 2 aromatic carbocycles. The van der Waals surface area contributed by atoms with Crippen LogP contribution in [-0.4, -0.2) is 43.8 Å². The molecule has 1 unspecified atom stereocenters. The van der Waals surface area contributed by atoms with Gasteiger partial charge in [-0.1, -0.05) is 6.07 Å². The number of anilines is 1. The Hall–Kier alpha value is -2.97. The lowest BCUT2D eigenvalue weighted by Crippen LogP contribution is -2.43. The Balaban J connectivity index is 1.51. The largest absolute Gasteiger partial charge is 0.497 e. The average molecular weight is 426 g/mol. The summed E-state index contributed by atoms with van der Waals surface area (Å²) in [6.45, 7) is 0.555. The number of pyridine rings is 1. The average Bonchev–Trinajstić information content (AvgIpc) is 2.79. The number of piperidine rings is 1. The van der Waals surface area contributed by atoms with Crippen LogP contribution in [-0.2, 0) is 14.8 Å². The Labute approximate surface area is 175 Å². The number of nitrogens with zero attached hydrogens (tertiary/aromatic N) is 2. The van der Waals surface area contributed by atoms with Gasteiger partial charge >= 0.3 is 0 Å². The molecule has 0 aliphatic carbocycles. The monoisotopic (exact) mass is 425 g/mol. The van der Waals surface area contributed by atoms with Crippen LogP contribution in [0.25, 0.3) is 10.9 Å². The zero-order chi connectivity index (χ0) is 21.1. The van der Waals surface area contributed by atoms with E-state index >= 15 is 0 Å². The van der Waals surface area contributed by atoms with E-state index in [9.17, 15) is 13.2 Å². The summed E-state index contributed by atoms with van der Waals surface area (Å²) in [6, 6.07) is 15.6. The molecule has 0 bridgehead atoms. The third-order valence-electron chi connectivity index (χ3n) is 5.36. The fraction of sp³-hybridized carbons (Fsp3) is 0.273. The van der Waals surface area contributed by atoms with Gasteiger partial charge in [0.2, 0.25) is 15.9 Å². The number of amides is 1. The number of aromatic nitrogens is 1. The van der Waals surface area contributed by atoms with Crippen molar-refractivity contribution in [2.45, 2.75) is 17.7 Å². The van der Waals surface area contributed by atoms with Crippen molar-refractivity contribution in [3.05, 3.63) is 60.8 Å². The molecule has 30 heavy (non-hydrogen) atoms. The van der Waals surface area contributed by atoms with Gasteiger partial charge in [0.15, 0.2) is 0 Å². The first kappa shape index (κ1) is 20.3. The Morgan fingerprint density at radius 2 is 1.93 bits per heavy atom. The zero-order valence-electron chi connectivity index (χ0n) is 16.6. The number of rotatable bonds is 5. The van der Waals surface area contributed by atoms with Crippen molar-refractivity contribution < 1.29 is 17.9 Å². The molecule has 1 atom stereocenters. The molecular formula is C22H23N3O4S. The second-order valence-corrected chi connectivity index (χ2v) is 9.18. The summed E-state index contributed by atoms with van der Waals surface area (Å²) in [4.78, 5) is 17.4. The van der Waals surface area contributed by atoms with E-state index in [1.165, 1.54) is 23.5 Å². The normalized spacial score (nSPS) is 17.6. The summed E-state index contributed by atoms with van der Waals surface area (Å²) in [5, 5.41) is 3.82. The van der Waals surface area contributed by atoms with Gasteiger partial charge in [0.05, 0.1) is 29.1 Å². The third kappa shape index (κ3) is 4.01. The molecule has 3 aromatic rings. The van der Waals surface area contributed by atoms with Crippen molar-refractivity contribution in [3.8, 4) is 5.75 Å². The number of benzene rings is 2. The highest BCUT2D eigenvalue weighted by Crippen LogP contribution is 2.27. The van der Waals surface area contributed by atoms with Gasteiger partial charge in [-0.3, -0.25) is 9.78 Å². The molecule has 0 spiro atoms. The molecule has 1 fully saturated rings. The van der Waals surface area contributed by atoms with Crippen molar-refractivity contribution in [1.29, 1.82) is 0 Å². The van der Waals surface area contributed by atoms with Crippen LogP contribution in [0.5, 0.6) is 5.75 Å². The first-order chi connectivity index (χ1) is 14.5. The maximum Gasteiger partial charge on any atom is 0.243 e. The fourth-order valence-corrected chi connectivity index (χ4v) is 5.24. The lowest BCUT2D eigenvalue weighted by atomic mass is 9.98. The molecular weight excluding hydrogens is 402 g/mol. The van der Waals surface area contributed by atoms with Crippen LogP contribution < -0.4 is 10.1 Å². The van der Waals surface area contributed by atoms with Crippen LogP contribution >= 0.6 is 0 Å². The van der Waals surface area contributed by atoms with Crippen LogP contribution in [0.1, 0.15) is 12.8 Å². The molecule has 4 rings (SSSR count). The number of sulfonamides is 1. The number of carbonyl (C=O) groups is 1. The minimum atomic E-state index is -3.67. The van der Waals surface area contributed by atoms with E-state index in [0.717, 1.165) is 10.9 Å². The molecule has 1 aliphatic heterocycles. The maximum absolute atomic E-state index is 13.0. The lowest BCUT2D eigenvalue weighted by molar-refractivity contribution is -0.120. The van der Waals surface area contributed by atoms with Gasteiger partial charge in [-0.15, -0.1) is 0 Å². The van der Waals surface area contributed by atoms with Gasteiger partial charge in [-0.05, 0) is 61.4 Å². The van der Waals surface area contributed by atoms with Crippen LogP contribution in [0.15, 0.2) is 65.7 Å². The second kappa shape index (κ2) is 8.41. The first-order valence-corrected chi connectivity index (χ1v) is 11.2. The highest BCUT2D eigenvalue weighted by molar-refractivity contribution is 7.89. The minimum Gasteiger partial charge on any atom is -0.497 e. The van der Waals surface area contributed by atoms with E-state index in [1.807, 2.05) is 30.3 Å². The molecule has 8 heteroatoms. The highest BCUT2D eigenvalue weighted by Gasteiger charge is 2.33. The van der Waals surface area contributed by atoms with Crippen molar-refractivity contribution in [1.82, 2.24) is 9.29 Å². The Bertz CT molecular complexity index is 1160. The molecule has 1 saturated heterocycles. The molecule has 1 N–H and O–H groups in total. The Morgan fingerprint density at radius 3 is 2.70 bits per heavy atom.